The van der Waals surface area contributed by atoms with Crippen LogP contribution in [0.2, 0.25) is 0 Å². The molecular formula is C34H41FN8O2. The normalized spacial score (nSPS) is 19.6. The number of aryl methyl sites for hydroxylation is 1. The van der Waals surface area contributed by atoms with Gasteiger partial charge in [0.05, 0.1) is 24.1 Å². The zero-order chi connectivity index (χ0) is 31.7. The monoisotopic (exact) mass is 612 g/mol. The molecule has 0 bridgehead atoms. The van der Waals surface area contributed by atoms with Crippen LogP contribution in [0.1, 0.15) is 36.6 Å². The molecule has 10 nitrogen and oxygen atoms in total. The lowest BCUT2D eigenvalue weighted by Crippen LogP contribution is -2.56. The summed E-state index contributed by atoms with van der Waals surface area (Å²) in [7, 11) is 1.91. The molecule has 11 heteroatoms. The van der Waals surface area contributed by atoms with Crippen LogP contribution in [0.4, 0.5) is 15.9 Å². The minimum absolute atomic E-state index is 0.161. The van der Waals surface area contributed by atoms with E-state index in [2.05, 4.69) is 51.3 Å². The summed E-state index contributed by atoms with van der Waals surface area (Å²) in [5.41, 5.74) is 3.15. The lowest BCUT2D eigenvalue weighted by molar-refractivity contribution is -0.128. The van der Waals surface area contributed by atoms with Crippen LogP contribution in [0.25, 0.3) is 15.6 Å². The van der Waals surface area contributed by atoms with Gasteiger partial charge in [-0.2, -0.15) is 9.97 Å². The number of carbonyl (C=O) groups excluding carboxylic acids is 1. The lowest BCUT2D eigenvalue weighted by atomic mass is 10.0. The molecule has 0 spiro atoms. The summed E-state index contributed by atoms with van der Waals surface area (Å²) in [5.74, 6) is 0.634. The van der Waals surface area contributed by atoms with Gasteiger partial charge in [0, 0.05) is 61.8 Å². The molecule has 6 rings (SSSR count). The summed E-state index contributed by atoms with van der Waals surface area (Å²) in [6, 6.07) is 6.28. The summed E-state index contributed by atoms with van der Waals surface area (Å²) >= 11 is 0. The summed E-state index contributed by atoms with van der Waals surface area (Å²) in [5, 5.41) is 2.28. The Morgan fingerprint density at radius 2 is 2.09 bits per heavy atom. The summed E-state index contributed by atoms with van der Waals surface area (Å²) in [6.45, 7) is 19.2. The minimum Gasteiger partial charge on any atom is -0.459 e. The van der Waals surface area contributed by atoms with E-state index in [1.807, 2.05) is 31.3 Å². The van der Waals surface area contributed by atoms with Crippen molar-refractivity contribution in [1.82, 2.24) is 24.8 Å². The third-order valence-corrected chi connectivity index (χ3v) is 9.10. The Bertz CT molecular complexity index is 1630. The number of hydrogen-bond acceptors (Lipinski definition) is 8. The maximum Gasteiger partial charge on any atom is 0.318 e. The number of benzene rings is 1. The molecule has 1 aliphatic carbocycles. The van der Waals surface area contributed by atoms with E-state index in [0.717, 1.165) is 41.1 Å². The van der Waals surface area contributed by atoms with Crippen molar-refractivity contribution in [2.24, 2.45) is 0 Å². The quantitative estimate of drug-likeness (QED) is 0.249. The number of piperazine rings is 1. The molecule has 0 N–H and O–H groups in total. The molecule has 2 atom stereocenters. The fraction of sp³-hybridized carbons (Fsp3) is 0.500. The van der Waals surface area contributed by atoms with E-state index in [1.165, 1.54) is 17.0 Å². The molecule has 3 aromatic rings. The number of carbonyl (C=O) groups is 1. The summed E-state index contributed by atoms with van der Waals surface area (Å²) in [4.78, 5) is 38.9. The van der Waals surface area contributed by atoms with Crippen LogP contribution in [0.5, 0.6) is 6.01 Å². The molecule has 2 aromatic heterocycles. The van der Waals surface area contributed by atoms with Crippen molar-refractivity contribution < 1.29 is 13.9 Å². The van der Waals surface area contributed by atoms with E-state index >= 15 is 0 Å². The Labute approximate surface area is 264 Å². The molecule has 236 valence electrons. The van der Waals surface area contributed by atoms with Gasteiger partial charge in [-0.25, -0.2) is 11.0 Å². The van der Waals surface area contributed by atoms with Gasteiger partial charge in [-0.05, 0) is 51.8 Å². The SMILES string of the molecule is [C-]#[N+]C[C@H]1CN(c2nc(O[C@H](C)CN(C)CC3(F)CC3)nc3c2CCN(c2cncc4cccc(C)c24)C3)CCN1C(=O)C=C. The Balaban J connectivity index is 1.31. The molecule has 1 saturated carbocycles. The van der Waals surface area contributed by atoms with Crippen molar-refractivity contribution in [1.29, 1.82) is 0 Å². The number of halogens is 1. The van der Waals surface area contributed by atoms with Crippen LogP contribution in [0.3, 0.4) is 0 Å². The summed E-state index contributed by atoms with van der Waals surface area (Å²) in [6.07, 6.45) is 6.85. The molecule has 4 heterocycles. The predicted molar refractivity (Wildman–Crippen MR) is 173 cm³/mol. The number of rotatable bonds is 10. The van der Waals surface area contributed by atoms with Gasteiger partial charge >= 0.3 is 6.01 Å². The molecule has 0 radical (unpaired) electrons. The summed E-state index contributed by atoms with van der Waals surface area (Å²) < 4.78 is 20.7. The molecule has 0 unspecified atom stereocenters. The maximum atomic E-state index is 14.4. The average Bonchev–Trinajstić information content (AvgIpc) is 3.75. The highest BCUT2D eigenvalue weighted by Crippen LogP contribution is 2.40. The lowest BCUT2D eigenvalue weighted by Gasteiger charge is -2.41. The Kier molecular flexibility index (Phi) is 8.60. The first-order valence-electron chi connectivity index (χ1n) is 15.7. The van der Waals surface area contributed by atoms with Gasteiger partial charge in [0.1, 0.15) is 23.6 Å². The fourth-order valence-electron chi connectivity index (χ4n) is 6.76. The van der Waals surface area contributed by atoms with Crippen LogP contribution >= 0.6 is 0 Å². The zero-order valence-electron chi connectivity index (χ0n) is 26.4. The van der Waals surface area contributed by atoms with Gasteiger partial charge in [0.25, 0.3) is 0 Å². The Hall–Kier alpha value is -4.30. The molecule has 1 aromatic carbocycles. The van der Waals surface area contributed by atoms with E-state index in [-0.39, 0.29) is 30.6 Å². The third-order valence-electron chi connectivity index (χ3n) is 9.10. The Morgan fingerprint density at radius 1 is 1.27 bits per heavy atom. The number of alkyl halides is 1. The third kappa shape index (κ3) is 6.57. The van der Waals surface area contributed by atoms with Crippen molar-refractivity contribution in [2.45, 2.75) is 57.5 Å². The van der Waals surface area contributed by atoms with Crippen molar-refractivity contribution in [3.63, 3.8) is 0 Å². The molecule has 2 aliphatic heterocycles. The van der Waals surface area contributed by atoms with Gasteiger partial charge in [-0.3, -0.25) is 14.7 Å². The van der Waals surface area contributed by atoms with Crippen LogP contribution in [0.15, 0.2) is 43.2 Å². The standard InChI is InChI=1S/C34H41FN8O2/c1-6-30(44)43-15-14-42(20-26(43)17-36-4)32-27-10-13-41(29-18-37-16-25-9-7-8-23(2)31(25)29)21-28(27)38-33(39-32)45-24(3)19-40(5)22-34(35)11-12-34/h6-9,16,18,24,26H,1,10-15,17,19-22H2,2-3,5H3/t24-,26+/m1/s1. The van der Waals surface area contributed by atoms with Crippen LogP contribution in [0, 0.1) is 13.5 Å². The van der Waals surface area contributed by atoms with Crippen LogP contribution in [-0.2, 0) is 17.8 Å². The minimum atomic E-state index is -1.07. The van der Waals surface area contributed by atoms with Crippen molar-refractivity contribution in [2.75, 3.05) is 62.7 Å². The van der Waals surface area contributed by atoms with Crippen LogP contribution in [-0.4, -0.2) is 101 Å². The first-order valence-corrected chi connectivity index (χ1v) is 15.7. The van der Waals surface area contributed by atoms with Gasteiger partial charge < -0.3 is 24.3 Å². The number of pyridine rings is 1. The first-order chi connectivity index (χ1) is 21.7. The zero-order valence-corrected chi connectivity index (χ0v) is 26.4. The first kappa shape index (κ1) is 30.7. The van der Waals surface area contributed by atoms with Gasteiger partial charge in [0.15, 0.2) is 0 Å². The van der Waals surface area contributed by atoms with Gasteiger partial charge in [-0.15, -0.1) is 0 Å². The number of ether oxygens (including phenoxy) is 1. The Morgan fingerprint density at radius 3 is 2.84 bits per heavy atom. The topological polar surface area (TPSA) is 82.3 Å². The molecule has 2 fully saturated rings. The van der Waals surface area contributed by atoms with Crippen molar-refractivity contribution in [3.8, 4) is 6.01 Å². The fourth-order valence-corrected chi connectivity index (χ4v) is 6.76. The highest BCUT2D eigenvalue weighted by molar-refractivity contribution is 5.96. The van der Waals surface area contributed by atoms with E-state index in [9.17, 15) is 9.18 Å². The van der Waals surface area contributed by atoms with Gasteiger partial charge in [-0.1, -0.05) is 24.8 Å². The number of nitrogens with zero attached hydrogens (tertiary/aromatic N) is 8. The highest BCUT2D eigenvalue weighted by Gasteiger charge is 2.44. The van der Waals surface area contributed by atoms with Gasteiger partial charge in [0.2, 0.25) is 12.5 Å². The molecule has 1 saturated heterocycles. The molecular weight excluding hydrogens is 571 g/mol. The maximum absolute atomic E-state index is 14.4. The highest BCUT2D eigenvalue weighted by atomic mass is 19.1. The largest absolute Gasteiger partial charge is 0.459 e. The van der Waals surface area contributed by atoms with Crippen molar-refractivity contribution >= 4 is 28.2 Å². The second kappa shape index (κ2) is 12.6. The molecule has 3 aliphatic rings. The molecule has 1 amide bonds. The number of likely N-dealkylation sites (N-methyl/N-ethyl adjacent to an activating group) is 1. The number of aromatic nitrogens is 3. The van der Waals surface area contributed by atoms with E-state index in [4.69, 9.17) is 21.3 Å². The van der Waals surface area contributed by atoms with Crippen LogP contribution < -0.4 is 14.5 Å². The number of anilines is 2. The second-order valence-corrected chi connectivity index (χ2v) is 12.7. The number of hydrogen-bond donors (Lipinski definition) is 0. The second-order valence-electron chi connectivity index (χ2n) is 12.7. The number of fused-ring (bicyclic) bond motifs is 2. The molecule has 45 heavy (non-hydrogen) atoms. The average molecular weight is 613 g/mol. The van der Waals surface area contributed by atoms with E-state index in [0.29, 0.717) is 52.1 Å². The van der Waals surface area contributed by atoms with E-state index in [1.54, 1.807) is 4.90 Å². The van der Waals surface area contributed by atoms with E-state index < -0.39 is 5.67 Å². The predicted octanol–water partition coefficient (Wildman–Crippen LogP) is 4.22. The number of amides is 1. The smallest absolute Gasteiger partial charge is 0.318 e. The van der Waals surface area contributed by atoms with Crippen molar-refractivity contribution in [3.05, 3.63) is 71.5 Å².